The zero-order valence-electron chi connectivity index (χ0n) is 12.9. The molecule has 2 rings (SSSR count). The quantitative estimate of drug-likeness (QED) is 0.118. The van der Waals surface area contributed by atoms with E-state index < -0.39 is 16.0 Å². The summed E-state index contributed by atoms with van der Waals surface area (Å²) >= 11 is 3.84. The van der Waals surface area contributed by atoms with Crippen LogP contribution in [-0.4, -0.2) is 16.0 Å². The fraction of sp³-hybridized carbons (Fsp3) is 0.133. The van der Waals surface area contributed by atoms with Crippen molar-refractivity contribution in [2.24, 2.45) is 0 Å². The summed E-state index contributed by atoms with van der Waals surface area (Å²) < 4.78 is 10.7. The van der Waals surface area contributed by atoms with E-state index in [-0.39, 0.29) is 42.9 Å². The average molecular weight is 584 g/mol. The van der Waals surface area contributed by atoms with Gasteiger partial charge in [0.2, 0.25) is 0 Å². The lowest BCUT2D eigenvalue weighted by molar-refractivity contribution is -0.385. The molecule has 0 unspecified atom stereocenters. The Morgan fingerprint density at radius 1 is 0.846 bits per heavy atom. The van der Waals surface area contributed by atoms with Gasteiger partial charge in [-0.05, 0) is 12.1 Å². The van der Waals surface area contributed by atoms with Gasteiger partial charge in [0.05, 0.1) is 21.0 Å². The zero-order chi connectivity index (χ0) is 19.3. The van der Waals surface area contributed by atoms with Crippen molar-refractivity contribution in [3.8, 4) is 11.5 Å². The summed E-state index contributed by atoms with van der Waals surface area (Å²) in [5, 5.41) is 22.1. The van der Waals surface area contributed by atoms with E-state index in [9.17, 15) is 25.0 Å². The third kappa shape index (κ3) is 4.57. The molecular formula is C15H10I2N2O7. The number of nitro benzene ring substituents is 2. The highest BCUT2D eigenvalue weighted by Crippen LogP contribution is 2.33. The number of ether oxygens (including phenoxy) is 2. The lowest BCUT2D eigenvalue weighted by atomic mass is 10.2. The van der Waals surface area contributed by atoms with Gasteiger partial charge < -0.3 is 9.47 Å². The number of carbonyl (C=O) groups excluding carboxylic acids is 1. The van der Waals surface area contributed by atoms with E-state index in [4.69, 9.17) is 9.47 Å². The second-order valence-electron chi connectivity index (χ2n) is 4.74. The van der Waals surface area contributed by atoms with Crippen molar-refractivity contribution in [3.05, 3.63) is 67.8 Å². The Morgan fingerprint density at radius 2 is 1.23 bits per heavy atom. The summed E-state index contributed by atoms with van der Waals surface area (Å²) in [6, 6.07) is 8.21. The van der Waals surface area contributed by atoms with E-state index in [0.717, 1.165) is 0 Å². The molecule has 0 atom stereocenters. The van der Waals surface area contributed by atoms with E-state index in [0.29, 0.717) is 0 Å². The molecule has 0 spiro atoms. The second-order valence-corrected chi connectivity index (χ2v) is 6.27. The lowest BCUT2D eigenvalue weighted by Gasteiger charge is -2.11. The highest BCUT2D eigenvalue weighted by molar-refractivity contribution is 14.1. The lowest BCUT2D eigenvalue weighted by Crippen LogP contribution is -2.16. The molecule has 0 radical (unpaired) electrons. The number of rotatable bonds is 6. The molecule has 0 saturated heterocycles. The second kappa shape index (κ2) is 9.07. The van der Waals surface area contributed by atoms with Crippen molar-refractivity contribution in [2.45, 2.75) is 8.86 Å². The first-order valence-corrected chi connectivity index (χ1v) is 9.98. The maximum absolute atomic E-state index is 12.1. The van der Waals surface area contributed by atoms with Crippen LogP contribution >= 0.6 is 45.2 Å². The Labute approximate surface area is 174 Å². The largest absolute Gasteiger partial charge is 0.519 e. The normalized spacial score (nSPS) is 10.2. The zero-order valence-corrected chi connectivity index (χ0v) is 17.2. The summed E-state index contributed by atoms with van der Waals surface area (Å²) in [5.74, 6) is 0.000101. The Balaban J connectivity index is 2.28. The number of carbonyl (C=O) groups is 1. The minimum atomic E-state index is -1.14. The molecule has 0 aromatic heterocycles. The summed E-state index contributed by atoms with van der Waals surface area (Å²) in [7, 11) is 0. The number of hydrogen-bond donors (Lipinski definition) is 0. The average Bonchev–Trinajstić information content (AvgIpc) is 2.60. The maximum atomic E-state index is 12.1. The van der Waals surface area contributed by atoms with Crippen molar-refractivity contribution < 1.29 is 24.1 Å². The molecule has 0 aliphatic rings. The van der Waals surface area contributed by atoms with Crippen LogP contribution in [0.1, 0.15) is 11.1 Å². The first-order valence-electron chi connectivity index (χ1n) is 6.93. The number of alkyl halides is 2. The first-order chi connectivity index (χ1) is 12.4. The molecule has 0 heterocycles. The molecule has 2 aromatic carbocycles. The first kappa shape index (κ1) is 20.3. The van der Waals surface area contributed by atoms with Gasteiger partial charge in [-0.25, -0.2) is 4.79 Å². The molecule has 11 heteroatoms. The predicted molar refractivity (Wildman–Crippen MR) is 108 cm³/mol. The van der Waals surface area contributed by atoms with Crippen LogP contribution in [0.2, 0.25) is 0 Å². The molecule has 0 N–H and O–H groups in total. The fourth-order valence-electron chi connectivity index (χ4n) is 2.11. The van der Waals surface area contributed by atoms with Crippen LogP contribution < -0.4 is 9.47 Å². The van der Waals surface area contributed by atoms with Gasteiger partial charge in [-0.15, -0.1) is 0 Å². The van der Waals surface area contributed by atoms with E-state index in [1.165, 1.54) is 36.4 Å². The molecule has 136 valence electrons. The molecule has 0 saturated carbocycles. The Kier molecular flexibility index (Phi) is 7.07. The minimum Gasteiger partial charge on any atom is -0.394 e. The van der Waals surface area contributed by atoms with Gasteiger partial charge >= 0.3 is 6.16 Å². The number of hydrogen-bond acceptors (Lipinski definition) is 7. The number of halogens is 2. The van der Waals surface area contributed by atoms with Crippen molar-refractivity contribution in [3.63, 3.8) is 0 Å². The van der Waals surface area contributed by atoms with E-state index in [1.54, 1.807) is 0 Å². The third-order valence-electron chi connectivity index (χ3n) is 3.26. The van der Waals surface area contributed by atoms with E-state index >= 15 is 0 Å². The third-order valence-corrected chi connectivity index (χ3v) is 4.79. The van der Waals surface area contributed by atoms with Crippen LogP contribution in [0.4, 0.5) is 16.2 Å². The van der Waals surface area contributed by atoms with Gasteiger partial charge in [-0.1, -0.05) is 57.3 Å². The van der Waals surface area contributed by atoms with Gasteiger partial charge in [0.15, 0.2) is 0 Å². The Bertz CT molecular complexity index is 804. The van der Waals surface area contributed by atoms with Crippen LogP contribution in [0, 0.1) is 20.2 Å². The number of nitrogens with zero attached hydrogens (tertiary/aromatic N) is 2. The Hall–Kier alpha value is -2.03. The fourth-order valence-corrected chi connectivity index (χ4v) is 3.64. The van der Waals surface area contributed by atoms with E-state index in [1.807, 2.05) is 45.2 Å². The molecule has 0 amide bonds. The van der Waals surface area contributed by atoms with Crippen molar-refractivity contribution in [1.29, 1.82) is 0 Å². The minimum absolute atomic E-state index is 0.0000503. The summed E-state index contributed by atoms with van der Waals surface area (Å²) in [5.41, 5.74) is 0.132. The van der Waals surface area contributed by atoms with Gasteiger partial charge in [0.25, 0.3) is 11.4 Å². The van der Waals surface area contributed by atoms with Crippen molar-refractivity contribution in [2.75, 3.05) is 0 Å². The smallest absolute Gasteiger partial charge is 0.394 e. The molecule has 0 bridgehead atoms. The topological polar surface area (TPSA) is 122 Å². The molecule has 0 aliphatic heterocycles. The highest BCUT2D eigenvalue weighted by atomic mass is 127. The standard InChI is InChI=1S/C15H10I2N2O7/c16-7-9-11(18(21)22)3-1-5-13(9)25-15(20)26-14-6-2-4-12(19(23)24)10(14)8-17/h1-6H,7-8H2. The Morgan fingerprint density at radius 3 is 1.54 bits per heavy atom. The molecular weight excluding hydrogens is 574 g/mol. The summed E-state index contributed by atoms with van der Waals surface area (Å²) in [6.45, 7) is 0. The monoisotopic (exact) mass is 584 g/mol. The molecule has 9 nitrogen and oxygen atoms in total. The number of benzene rings is 2. The molecule has 2 aromatic rings. The van der Waals surface area contributed by atoms with Crippen LogP contribution in [0.15, 0.2) is 36.4 Å². The van der Waals surface area contributed by atoms with Crippen molar-refractivity contribution in [1.82, 2.24) is 0 Å². The SMILES string of the molecule is O=C(Oc1cccc([N+](=O)[O-])c1CI)Oc1cccc([N+](=O)[O-])c1CI. The summed E-state index contributed by atoms with van der Waals surface area (Å²) in [4.78, 5) is 33.1. The van der Waals surface area contributed by atoms with Gasteiger partial charge in [-0.3, -0.25) is 20.2 Å². The van der Waals surface area contributed by atoms with Gasteiger partial charge in [-0.2, -0.15) is 0 Å². The molecule has 0 fully saturated rings. The van der Waals surface area contributed by atoms with Gasteiger partial charge in [0.1, 0.15) is 11.5 Å². The summed E-state index contributed by atoms with van der Waals surface area (Å²) in [6.07, 6.45) is -1.14. The van der Waals surface area contributed by atoms with Crippen LogP contribution in [-0.2, 0) is 8.86 Å². The molecule has 0 aliphatic carbocycles. The van der Waals surface area contributed by atoms with Crippen LogP contribution in [0.25, 0.3) is 0 Å². The van der Waals surface area contributed by atoms with Gasteiger partial charge in [0, 0.05) is 21.0 Å². The van der Waals surface area contributed by atoms with Crippen LogP contribution in [0.5, 0.6) is 11.5 Å². The van der Waals surface area contributed by atoms with E-state index in [2.05, 4.69) is 0 Å². The maximum Gasteiger partial charge on any atom is 0.519 e. The van der Waals surface area contributed by atoms with Crippen LogP contribution in [0.3, 0.4) is 0 Å². The highest BCUT2D eigenvalue weighted by Gasteiger charge is 2.23. The van der Waals surface area contributed by atoms with Crippen molar-refractivity contribution >= 4 is 62.7 Å². The predicted octanol–water partition coefficient (Wildman–Crippen LogP) is 4.95. The molecule has 26 heavy (non-hydrogen) atoms. The number of nitro groups is 2.